The topological polar surface area (TPSA) is 102 Å². The average molecular weight is 559 g/mol. The van der Waals surface area contributed by atoms with Crippen LogP contribution in [0, 0.1) is 5.92 Å². The molecule has 0 bridgehead atoms. The van der Waals surface area contributed by atoms with Gasteiger partial charge >= 0.3 is 0 Å². The van der Waals surface area contributed by atoms with E-state index in [4.69, 9.17) is 14.5 Å². The van der Waals surface area contributed by atoms with Crippen LogP contribution in [0.4, 0.5) is 5.13 Å². The van der Waals surface area contributed by atoms with Gasteiger partial charge in [-0.15, -0.1) is 11.3 Å². The zero-order valence-electron chi connectivity index (χ0n) is 20.4. The van der Waals surface area contributed by atoms with Gasteiger partial charge in [0.2, 0.25) is 5.91 Å². The van der Waals surface area contributed by atoms with Gasteiger partial charge in [0, 0.05) is 25.5 Å². The van der Waals surface area contributed by atoms with Crippen LogP contribution in [-0.4, -0.2) is 55.9 Å². The van der Waals surface area contributed by atoms with Crippen LogP contribution in [0.2, 0.25) is 0 Å². The van der Waals surface area contributed by atoms with E-state index >= 15 is 0 Å². The first-order valence-electron chi connectivity index (χ1n) is 11.7. The minimum absolute atomic E-state index is 0.125. The molecule has 1 fully saturated rings. The molecule has 1 unspecified atom stereocenters. The number of pyridine rings is 1. The SMILES string of the molecule is COc1ccc(OC)c2sc(N(Cc3cccnc3)C(=O)C3CCCN(S(=O)(=O)c4cccs4)C3)nc12. The van der Waals surface area contributed by atoms with Gasteiger partial charge in [-0.2, -0.15) is 4.31 Å². The summed E-state index contributed by atoms with van der Waals surface area (Å²) in [6.07, 6.45) is 4.58. The number of thiophene rings is 1. The maximum atomic E-state index is 14.0. The minimum atomic E-state index is -3.65. The van der Waals surface area contributed by atoms with Crippen molar-refractivity contribution in [2.75, 3.05) is 32.2 Å². The lowest BCUT2D eigenvalue weighted by molar-refractivity contribution is -0.123. The molecule has 0 aliphatic carbocycles. The van der Waals surface area contributed by atoms with Gasteiger partial charge in [0.05, 0.1) is 26.7 Å². The Kier molecular flexibility index (Phi) is 7.43. The summed E-state index contributed by atoms with van der Waals surface area (Å²) in [7, 11) is -0.488. The number of sulfonamides is 1. The first kappa shape index (κ1) is 25.6. The molecule has 1 amide bonds. The van der Waals surface area contributed by atoms with Crippen LogP contribution < -0.4 is 14.4 Å². The molecule has 5 rings (SSSR count). The van der Waals surface area contributed by atoms with E-state index in [9.17, 15) is 13.2 Å². The zero-order chi connectivity index (χ0) is 26.0. The highest BCUT2D eigenvalue weighted by Gasteiger charge is 2.37. The van der Waals surface area contributed by atoms with E-state index in [2.05, 4.69) is 4.98 Å². The molecule has 0 spiro atoms. The standard InChI is InChI=1S/C25H26N4O5S3/c1-33-19-9-10-20(34-2)23-22(19)27-25(36-23)29(15-17-6-3-11-26-14-17)24(30)18-7-4-12-28(16-18)37(31,32)21-8-5-13-35-21/h3,5-6,8-11,13-14,18H,4,7,12,15-16H2,1-2H3. The number of carbonyl (C=O) groups is 1. The van der Waals surface area contributed by atoms with Crippen LogP contribution in [0.25, 0.3) is 10.2 Å². The van der Waals surface area contributed by atoms with Gasteiger partial charge in [-0.25, -0.2) is 13.4 Å². The van der Waals surface area contributed by atoms with E-state index < -0.39 is 15.9 Å². The van der Waals surface area contributed by atoms with Crippen molar-refractivity contribution in [3.63, 3.8) is 0 Å². The number of carbonyl (C=O) groups excluding carboxylic acids is 1. The van der Waals surface area contributed by atoms with Crippen molar-refractivity contribution in [2.45, 2.75) is 23.6 Å². The van der Waals surface area contributed by atoms with Gasteiger partial charge in [0.1, 0.15) is 25.9 Å². The second-order valence-corrected chi connectivity index (χ2v) is 12.7. The number of benzene rings is 1. The molecule has 1 aromatic carbocycles. The Morgan fingerprint density at radius 2 is 1.97 bits per heavy atom. The van der Waals surface area contributed by atoms with E-state index in [-0.39, 0.29) is 23.2 Å². The van der Waals surface area contributed by atoms with Crippen LogP contribution in [0.15, 0.2) is 58.4 Å². The van der Waals surface area contributed by atoms with Gasteiger partial charge in [-0.3, -0.25) is 14.7 Å². The number of ether oxygens (including phenoxy) is 2. The van der Waals surface area contributed by atoms with Gasteiger partial charge in [-0.05, 0) is 48.1 Å². The fourth-order valence-corrected chi connectivity index (χ4v) is 8.17. The number of thiazole rings is 1. The van der Waals surface area contributed by atoms with Crippen LogP contribution >= 0.6 is 22.7 Å². The lowest BCUT2D eigenvalue weighted by atomic mass is 9.98. The third-order valence-corrected chi connectivity index (χ3v) is 10.6. The highest BCUT2D eigenvalue weighted by Crippen LogP contribution is 2.41. The van der Waals surface area contributed by atoms with Gasteiger partial charge in [0.15, 0.2) is 5.13 Å². The molecule has 0 saturated carbocycles. The second-order valence-electron chi connectivity index (χ2n) is 8.56. The highest BCUT2D eigenvalue weighted by atomic mass is 32.2. The summed E-state index contributed by atoms with van der Waals surface area (Å²) in [6.45, 7) is 0.771. The number of aromatic nitrogens is 2. The second kappa shape index (κ2) is 10.7. The first-order chi connectivity index (χ1) is 17.9. The van der Waals surface area contributed by atoms with Crippen molar-refractivity contribution in [2.24, 2.45) is 5.92 Å². The highest BCUT2D eigenvalue weighted by molar-refractivity contribution is 7.91. The van der Waals surface area contributed by atoms with Crippen LogP contribution in [0.1, 0.15) is 18.4 Å². The summed E-state index contributed by atoms with van der Waals surface area (Å²) in [4.78, 5) is 24.6. The third-order valence-electron chi connectivity index (χ3n) is 6.28. The third kappa shape index (κ3) is 5.06. The monoisotopic (exact) mass is 558 g/mol. The first-order valence-corrected chi connectivity index (χ1v) is 14.8. The Morgan fingerprint density at radius 1 is 1.16 bits per heavy atom. The van der Waals surface area contributed by atoms with Crippen LogP contribution in [0.5, 0.6) is 11.5 Å². The van der Waals surface area contributed by atoms with Crippen LogP contribution in [0.3, 0.4) is 0 Å². The smallest absolute Gasteiger partial charge is 0.252 e. The maximum Gasteiger partial charge on any atom is 0.252 e. The normalized spacial score (nSPS) is 16.5. The Hall–Kier alpha value is -3.06. The number of hydrogen-bond acceptors (Lipinski definition) is 9. The molecule has 194 valence electrons. The minimum Gasteiger partial charge on any atom is -0.495 e. The number of rotatable bonds is 8. The number of anilines is 1. The quantitative estimate of drug-likeness (QED) is 0.316. The molecule has 3 aromatic heterocycles. The summed E-state index contributed by atoms with van der Waals surface area (Å²) >= 11 is 2.52. The molecule has 0 N–H and O–H groups in total. The van der Waals surface area contributed by atoms with E-state index in [0.717, 1.165) is 10.3 Å². The Labute approximate surface area is 223 Å². The van der Waals surface area contributed by atoms with Crippen molar-refractivity contribution in [3.8, 4) is 11.5 Å². The Bertz CT molecular complexity index is 1450. The largest absolute Gasteiger partial charge is 0.495 e. The summed E-state index contributed by atoms with van der Waals surface area (Å²) in [5.41, 5.74) is 1.45. The summed E-state index contributed by atoms with van der Waals surface area (Å²) in [5, 5.41) is 2.23. The van der Waals surface area contributed by atoms with Crippen molar-refractivity contribution < 1.29 is 22.7 Å². The molecule has 12 heteroatoms. The summed E-state index contributed by atoms with van der Waals surface area (Å²) in [6, 6.07) is 10.6. The van der Waals surface area contributed by atoms with Gasteiger partial charge < -0.3 is 9.47 Å². The molecule has 1 atom stereocenters. The molecule has 1 saturated heterocycles. The number of amides is 1. The fraction of sp³-hybridized carbons (Fsp3) is 0.320. The van der Waals surface area contributed by atoms with Crippen molar-refractivity contribution in [1.82, 2.24) is 14.3 Å². The van der Waals surface area contributed by atoms with Crippen LogP contribution in [-0.2, 0) is 21.4 Å². The Morgan fingerprint density at radius 3 is 2.68 bits per heavy atom. The summed E-state index contributed by atoms with van der Waals surface area (Å²) < 4.78 is 39.9. The molecule has 9 nitrogen and oxygen atoms in total. The Balaban J connectivity index is 1.51. The number of nitrogens with zero attached hydrogens (tertiary/aromatic N) is 4. The van der Waals surface area contributed by atoms with Crippen molar-refractivity contribution >= 4 is 54.0 Å². The average Bonchev–Trinajstić information content (AvgIpc) is 3.63. The molecule has 1 aliphatic heterocycles. The molecule has 4 heterocycles. The fourth-order valence-electron chi connectivity index (χ4n) is 4.42. The molecule has 0 radical (unpaired) electrons. The zero-order valence-corrected chi connectivity index (χ0v) is 22.8. The molecular formula is C25H26N4O5S3. The number of hydrogen-bond donors (Lipinski definition) is 0. The van der Waals surface area contributed by atoms with Gasteiger partial charge in [-0.1, -0.05) is 23.5 Å². The lowest BCUT2D eigenvalue weighted by Crippen LogP contribution is -2.46. The molecule has 1 aliphatic rings. The maximum absolute atomic E-state index is 14.0. The lowest BCUT2D eigenvalue weighted by Gasteiger charge is -2.33. The molecular weight excluding hydrogens is 532 g/mol. The number of piperidine rings is 1. The predicted octanol–water partition coefficient (Wildman–Crippen LogP) is 4.40. The van der Waals surface area contributed by atoms with E-state index in [1.807, 2.05) is 18.2 Å². The molecule has 4 aromatic rings. The number of fused-ring (bicyclic) bond motifs is 1. The summed E-state index contributed by atoms with van der Waals surface area (Å²) in [5.74, 6) is 0.542. The van der Waals surface area contributed by atoms with E-state index in [1.165, 1.54) is 27.0 Å². The molecule has 37 heavy (non-hydrogen) atoms. The predicted molar refractivity (Wildman–Crippen MR) is 144 cm³/mol. The van der Waals surface area contributed by atoms with Crippen molar-refractivity contribution in [1.29, 1.82) is 0 Å². The van der Waals surface area contributed by atoms with E-state index in [1.54, 1.807) is 55.1 Å². The number of methoxy groups -OCH3 is 2. The van der Waals surface area contributed by atoms with Gasteiger partial charge in [0.25, 0.3) is 10.0 Å². The van der Waals surface area contributed by atoms with Crippen molar-refractivity contribution in [3.05, 3.63) is 59.7 Å². The van der Waals surface area contributed by atoms with E-state index in [0.29, 0.717) is 41.5 Å².